The van der Waals surface area contributed by atoms with E-state index in [0.717, 1.165) is 40.6 Å². The maximum absolute atomic E-state index is 11.3. The summed E-state index contributed by atoms with van der Waals surface area (Å²) in [6, 6.07) is 2.08. The van der Waals surface area contributed by atoms with Gasteiger partial charge < -0.3 is 14.6 Å². The molecule has 0 saturated carbocycles. The van der Waals surface area contributed by atoms with E-state index in [4.69, 9.17) is 9.97 Å². The van der Waals surface area contributed by atoms with E-state index >= 15 is 0 Å². The molecule has 1 saturated heterocycles. The Morgan fingerprint density at radius 2 is 2.03 bits per heavy atom. The van der Waals surface area contributed by atoms with Crippen molar-refractivity contribution in [2.75, 3.05) is 18.0 Å². The van der Waals surface area contributed by atoms with Gasteiger partial charge >= 0.3 is 0 Å². The van der Waals surface area contributed by atoms with Crippen LogP contribution in [0.25, 0.3) is 21.8 Å². The van der Waals surface area contributed by atoms with E-state index < -0.39 is 5.60 Å². The topological polar surface area (TPSA) is 80.0 Å². The monoisotopic (exact) mass is 438 g/mol. The third-order valence-electron chi connectivity index (χ3n) is 5.58. The Morgan fingerprint density at radius 1 is 1.10 bits per heavy atom. The third kappa shape index (κ3) is 3.53. The number of nitrogens with zero attached hydrogens (tertiary/aromatic N) is 6. The quantitative estimate of drug-likeness (QED) is 0.520. The van der Waals surface area contributed by atoms with Crippen LogP contribution in [0.1, 0.15) is 25.1 Å². The van der Waals surface area contributed by atoms with Crippen LogP contribution in [0, 0.1) is 0 Å². The van der Waals surface area contributed by atoms with Gasteiger partial charge in [-0.2, -0.15) is 11.3 Å². The van der Waals surface area contributed by atoms with Crippen LogP contribution in [0.3, 0.4) is 0 Å². The highest BCUT2D eigenvalue weighted by Crippen LogP contribution is 2.35. The molecule has 0 radical (unpaired) electrons. The number of aryl methyl sites for hydroxylation is 1. The summed E-state index contributed by atoms with van der Waals surface area (Å²) in [6.45, 7) is 1.46. The normalized spacial score (nSPS) is 19.7. The smallest absolute Gasteiger partial charge is 0.225 e. The Kier molecular flexibility index (Phi) is 5.10. The summed E-state index contributed by atoms with van der Waals surface area (Å²) in [7, 11) is 1.93. The molecule has 0 aromatic carbocycles. The first kappa shape index (κ1) is 19.3. The molecule has 1 atom stereocenters. The third-order valence-corrected chi connectivity index (χ3v) is 7.04. The predicted molar refractivity (Wildman–Crippen MR) is 120 cm³/mol. The lowest BCUT2D eigenvalue weighted by atomic mass is 9.94. The highest BCUT2D eigenvalue weighted by atomic mass is 32.1. The number of anilines is 1. The van der Waals surface area contributed by atoms with Gasteiger partial charge in [-0.1, -0.05) is 0 Å². The molecule has 7 nitrogen and oxygen atoms in total. The van der Waals surface area contributed by atoms with Crippen molar-refractivity contribution in [1.82, 2.24) is 24.5 Å². The van der Waals surface area contributed by atoms with E-state index in [1.807, 2.05) is 29.4 Å². The molecule has 5 rings (SSSR count). The number of rotatable bonds is 4. The number of thiazole rings is 1. The van der Waals surface area contributed by atoms with Crippen molar-refractivity contribution in [1.29, 1.82) is 0 Å². The number of imidazole rings is 1. The zero-order valence-corrected chi connectivity index (χ0v) is 18.2. The molecule has 1 unspecified atom stereocenters. The van der Waals surface area contributed by atoms with E-state index in [1.165, 1.54) is 0 Å². The van der Waals surface area contributed by atoms with Crippen molar-refractivity contribution in [3.05, 3.63) is 52.8 Å². The summed E-state index contributed by atoms with van der Waals surface area (Å²) in [4.78, 5) is 20.7. The lowest BCUT2D eigenvalue weighted by Gasteiger charge is -2.26. The molecule has 0 bridgehead atoms. The molecule has 0 spiro atoms. The van der Waals surface area contributed by atoms with Crippen molar-refractivity contribution in [3.8, 4) is 21.8 Å². The minimum atomic E-state index is -0.929. The molecule has 9 heteroatoms. The zero-order chi connectivity index (χ0) is 20.6. The molecule has 4 aromatic rings. The Labute approximate surface area is 182 Å². The van der Waals surface area contributed by atoms with Gasteiger partial charge in [0.2, 0.25) is 5.95 Å². The average molecular weight is 439 g/mol. The molecular formula is C21H22N6OS2. The summed E-state index contributed by atoms with van der Waals surface area (Å²) in [5.41, 5.74) is 2.03. The Hall–Kier alpha value is -2.62. The van der Waals surface area contributed by atoms with Crippen LogP contribution in [0.4, 0.5) is 5.95 Å². The second kappa shape index (κ2) is 7.90. The van der Waals surface area contributed by atoms with Gasteiger partial charge in [0.1, 0.15) is 22.1 Å². The minimum Gasteiger partial charge on any atom is -0.382 e. The summed E-state index contributed by atoms with van der Waals surface area (Å²) in [6.07, 6.45) is 9.41. The molecule has 30 heavy (non-hydrogen) atoms. The number of aliphatic hydroxyl groups is 1. The Bertz CT molecular complexity index is 1120. The van der Waals surface area contributed by atoms with Crippen LogP contribution >= 0.6 is 22.7 Å². The van der Waals surface area contributed by atoms with Gasteiger partial charge in [-0.3, -0.25) is 0 Å². The number of aromatic nitrogens is 5. The SMILES string of the molecule is Cn1ccnc1C1(O)CCCN(c2ncc(-c3ccsc3)c(-c3nccs3)n2)CC1. The second-order valence-electron chi connectivity index (χ2n) is 7.52. The van der Waals surface area contributed by atoms with Crippen LogP contribution in [0.2, 0.25) is 0 Å². The van der Waals surface area contributed by atoms with Gasteiger partial charge in [0.05, 0.1) is 0 Å². The molecule has 1 N–H and O–H groups in total. The highest BCUT2D eigenvalue weighted by molar-refractivity contribution is 7.13. The van der Waals surface area contributed by atoms with E-state index in [9.17, 15) is 5.11 Å². The van der Waals surface area contributed by atoms with E-state index in [0.29, 0.717) is 25.3 Å². The molecule has 0 aliphatic carbocycles. The van der Waals surface area contributed by atoms with Crippen LogP contribution in [0.15, 0.2) is 47.0 Å². The van der Waals surface area contributed by atoms with E-state index in [2.05, 4.69) is 31.7 Å². The molecule has 154 valence electrons. The molecule has 5 heterocycles. The predicted octanol–water partition coefficient (Wildman–Crippen LogP) is 3.94. The fourth-order valence-electron chi connectivity index (χ4n) is 4.01. The first-order chi connectivity index (χ1) is 14.6. The van der Waals surface area contributed by atoms with Crippen molar-refractivity contribution in [2.24, 2.45) is 7.05 Å². The Morgan fingerprint density at radius 3 is 2.77 bits per heavy atom. The summed E-state index contributed by atoms with van der Waals surface area (Å²) in [5.74, 6) is 1.41. The molecule has 4 aromatic heterocycles. The fraction of sp³-hybridized carbons (Fsp3) is 0.333. The van der Waals surface area contributed by atoms with Crippen LogP contribution in [0.5, 0.6) is 0 Å². The average Bonchev–Trinajstić information content (AvgIpc) is 3.51. The molecular weight excluding hydrogens is 416 g/mol. The van der Waals surface area contributed by atoms with Crippen molar-refractivity contribution in [3.63, 3.8) is 0 Å². The number of hydrogen-bond acceptors (Lipinski definition) is 8. The lowest BCUT2D eigenvalue weighted by Crippen LogP contribution is -2.32. The molecule has 1 aliphatic rings. The van der Waals surface area contributed by atoms with Crippen LogP contribution in [-0.4, -0.2) is 42.7 Å². The van der Waals surface area contributed by atoms with Crippen molar-refractivity contribution >= 4 is 28.6 Å². The standard InChI is InChI=1S/C21H22N6OS2/c1-26-10-6-23-19(26)21(28)4-2-8-27(9-5-21)20-24-13-16(15-3-11-29-14-15)17(25-20)18-22-7-12-30-18/h3,6-7,10-14,28H,2,4-5,8-9H2,1H3. The van der Waals surface area contributed by atoms with E-state index in [1.54, 1.807) is 35.1 Å². The maximum atomic E-state index is 11.3. The van der Waals surface area contributed by atoms with Gasteiger partial charge in [-0.25, -0.2) is 19.9 Å². The van der Waals surface area contributed by atoms with Crippen LogP contribution < -0.4 is 4.90 Å². The van der Waals surface area contributed by atoms with Crippen molar-refractivity contribution in [2.45, 2.75) is 24.9 Å². The van der Waals surface area contributed by atoms with Gasteiger partial charge in [0, 0.05) is 62.3 Å². The fourth-order valence-corrected chi connectivity index (χ4v) is 5.31. The summed E-state index contributed by atoms with van der Waals surface area (Å²) < 4.78 is 1.91. The second-order valence-corrected chi connectivity index (χ2v) is 9.19. The first-order valence-electron chi connectivity index (χ1n) is 9.89. The van der Waals surface area contributed by atoms with Gasteiger partial charge in [-0.05, 0) is 35.2 Å². The maximum Gasteiger partial charge on any atom is 0.225 e. The lowest BCUT2D eigenvalue weighted by molar-refractivity contribution is 0.0129. The number of thiophene rings is 1. The summed E-state index contributed by atoms with van der Waals surface area (Å²) in [5, 5.41) is 18.3. The molecule has 0 amide bonds. The minimum absolute atomic E-state index is 0.583. The van der Waals surface area contributed by atoms with Crippen LogP contribution in [-0.2, 0) is 12.6 Å². The summed E-state index contributed by atoms with van der Waals surface area (Å²) >= 11 is 3.24. The first-order valence-corrected chi connectivity index (χ1v) is 11.7. The van der Waals surface area contributed by atoms with E-state index in [-0.39, 0.29) is 0 Å². The highest BCUT2D eigenvalue weighted by Gasteiger charge is 2.36. The number of hydrogen-bond donors (Lipinski definition) is 1. The zero-order valence-electron chi connectivity index (χ0n) is 16.6. The Balaban J connectivity index is 1.46. The molecule has 1 aliphatic heterocycles. The largest absolute Gasteiger partial charge is 0.382 e. The van der Waals surface area contributed by atoms with Crippen molar-refractivity contribution < 1.29 is 5.11 Å². The van der Waals surface area contributed by atoms with Gasteiger partial charge in [0.15, 0.2) is 0 Å². The van der Waals surface area contributed by atoms with Gasteiger partial charge in [0.25, 0.3) is 0 Å². The molecule has 1 fully saturated rings. The van der Waals surface area contributed by atoms with Gasteiger partial charge in [-0.15, -0.1) is 11.3 Å².